The number of fused-ring (bicyclic) bond motifs is 1. The fourth-order valence-corrected chi connectivity index (χ4v) is 2.23. The summed E-state index contributed by atoms with van der Waals surface area (Å²) in [4.78, 5) is 11.3. The number of amides is 1. The van der Waals surface area contributed by atoms with Gasteiger partial charge in [-0.15, -0.1) is 0 Å². The second-order valence-electron chi connectivity index (χ2n) is 4.47. The highest BCUT2D eigenvalue weighted by Gasteiger charge is 2.17. The first kappa shape index (κ1) is 13.3. The second-order valence-corrected chi connectivity index (χ2v) is 4.47. The third kappa shape index (κ3) is 2.84. The largest absolute Gasteiger partial charge is 0.326 e. The molecule has 0 radical (unpaired) electrons. The fourth-order valence-electron chi connectivity index (χ4n) is 2.23. The van der Waals surface area contributed by atoms with E-state index in [4.69, 9.17) is 0 Å². The van der Waals surface area contributed by atoms with E-state index in [1.165, 1.54) is 16.7 Å². The zero-order valence-electron chi connectivity index (χ0n) is 11.7. The van der Waals surface area contributed by atoms with Crippen LogP contribution in [0.15, 0.2) is 42.5 Å². The van der Waals surface area contributed by atoms with Crippen molar-refractivity contribution in [2.45, 2.75) is 27.2 Å². The van der Waals surface area contributed by atoms with Crippen LogP contribution in [0.1, 0.15) is 25.0 Å². The van der Waals surface area contributed by atoms with Crippen molar-refractivity contribution in [3.05, 3.63) is 53.6 Å². The standard InChI is InChI=1S/C15H13NO.C2H6/c1-10-3-2-4-11(7-10)12-5-6-14-13(8-12)9-15(17)16-14;1-2/h2-8H,9H2,1H3,(H,16,17);1-2H3. The maximum absolute atomic E-state index is 11.3. The third-order valence-electron chi connectivity index (χ3n) is 3.08. The summed E-state index contributed by atoms with van der Waals surface area (Å²) in [6.45, 7) is 6.09. The molecule has 0 atom stereocenters. The number of rotatable bonds is 1. The zero-order chi connectivity index (χ0) is 13.8. The Kier molecular flexibility index (Phi) is 4.00. The molecule has 98 valence electrons. The van der Waals surface area contributed by atoms with Crippen molar-refractivity contribution in [3.63, 3.8) is 0 Å². The predicted molar refractivity (Wildman–Crippen MR) is 80.3 cm³/mol. The first-order valence-electron chi connectivity index (χ1n) is 6.72. The van der Waals surface area contributed by atoms with Gasteiger partial charge in [-0.25, -0.2) is 0 Å². The van der Waals surface area contributed by atoms with E-state index in [9.17, 15) is 4.79 Å². The maximum Gasteiger partial charge on any atom is 0.228 e. The van der Waals surface area contributed by atoms with Gasteiger partial charge < -0.3 is 5.32 Å². The molecule has 1 N–H and O–H groups in total. The van der Waals surface area contributed by atoms with Crippen LogP contribution in [0.3, 0.4) is 0 Å². The molecule has 2 aromatic rings. The van der Waals surface area contributed by atoms with Crippen LogP contribution in [-0.2, 0) is 11.2 Å². The van der Waals surface area contributed by atoms with E-state index >= 15 is 0 Å². The number of nitrogens with one attached hydrogen (secondary N) is 1. The van der Waals surface area contributed by atoms with Crippen molar-refractivity contribution in [1.82, 2.24) is 0 Å². The van der Waals surface area contributed by atoms with Crippen molar-refractivity contribution in [1.29, 1.82) is 0 Å². The Hall–Kier alpha value is -2.09. The SMILES string of the molecule is CC.Cc1cccc(-c2ccc3c(c2)CC(=O)N3)c1. The van der Waals surface area contributed by atoms with Gasteiger partial charge in [0.1, 0.15) is 0 Å². The average molecular weight is 253 g/mol. The van der Waals surface area contributed by atoms with Gasteiger partial charge in [0.05, 0.1) is 6.42 Å². The molecule has 1 aliphatic rings. The fraction of sp³-hybridized carbons (Fsp3) is 0.235. The zero-order valence-corrected chi connectivity index (χ0v) is 11.7. The van der Waals surface area contributed by atoms with Crippen molar-refractivity contribution in [3.8, 4) is 11.1 Å². The van der Waals surface area contributed by atoms with Crippen molar-refractivity contribution < 1.29 is 4.79 Å². The predicted octanol–water partition coefficient (Wildman–Crippen LogP) is 4.18. The van der Waals surface area contributed by atoms with Crippen molar-refractivity contribution >= 4 is 11.6 Å². The lowest BCUT2D eigenvalue weighted by Gasteiger charge is -2.05. The summed E-state index contributed by atoms with van der Waals surface area (Å²) < 4.78 is 0. The molecule has 1 amide bonds. The number of hydrogen-bond donors (Lipinski definition) is 1. The lowest BCUT2D eigenvalue weighted by molar-refractivity contribution is -0.115. The quantitative estimate of drug-likeness (QED) is 0.811. The van der Waals surface area contributed by atoms with Gasteiger partial charge in [0.2, 0.25) is 5.91 Å². The molecule has 0 unspecified atom stereocenters. The number of aryl methyl sites for hydroxylation is 1. The van der Waals surface area contributed by atoms with Gasteiger partial charge in [0, 0.05) is 5.69 Å². The van der Waals surface area contributed by atoms with Crippen LogP contribution in [0.5, 0.6) is 0 Å². The van der Waals surface area contributed by atoms with Crippen LogP contribution in [0.4, 0.5) is 5.69 Å². The molecule has 0 spiro atoms. The summed E-state index contributed by atoms with van der Waals surface area (Å²) >= 11 is 0. The van der Waals surface area contributed by atoms with E-state index in [0.717, 1.165) is 11.3 Å². The summed E-state index contributed by atoms with van der Waals surface area (Å²) in [5.41, 5.74) is 5.66. The second kappa shape index (κ2) is 5.70. The first-order valence-corrected chi connectivity index (χ1v) is 6.72. The first-order chi connectivity index (χ1) is 9.22. The molecule has 19 heavy (non-hydrogen) atoms. The molecule has 1 heterocycles. The minimum atomic E-state index is 0.0846. The molecular formula is C17H19NO. The summed E-state index contributed by atoms with van der Waals surface area (Å²) in [6, 6.07) is 14.5. The van der Waals surface area contributed by atoms with Gasteiger partial charge in [-0.2, -0.15) is 0 Å². The molecule has 2 heteroatoms. The molecular weight excluding hydrogens is 234 g/mol. The maximum atomic E-state index is 11.3. The Morgan fingerprint density at radius 3 is 2.47 bits per heavy atom. The van der Waals surface area contributed by atoms with Crippen LogP contribution < -0.4 is 5.32 Å². The van der Waals surface area contributed by atoms with Gasteiger partial charge >= 0.3 is 0 Å². The Morgan fingerprint density at radius 1 is 1.00 bits per heavy atom. The summed E-state index contributed by atoms with van der Waals surface area (Å²) in [5.74, 6) is 0.0846. The van der Waals surface area contributed by atoms with Crippen LogP contribution in [0.2, 0.25) is 0 Å². The number of carbonyl (C=O) groups is 1. The average Bonchev–Trinajstić information content (AvgIpc) is 2.80. The highest BCUT2D eigenvalue weighted by molar-refractivity contribution is 5.99. The van der Waals surface area contributed by atoms with Gasteiger partial charge in [0.15, 0.2) is 0 Å². The van der Waals surface area contributed by atoms with E-state index in [1.807, 2.05) is 19.9 Å². The van der Waals surface area contributed by atoms with Gasteiger partial charge in [0.25, 0.3) is 0 Å². The Labute approximate surface area is 114 Å². The highest BCUT2D eigenvalue weighted by Crippen LogP contribution is 2.29. The van der Waals surface area contributed by atoms with Gasteiger partial charge in [-0.3, -0.25) is 4.79 Å². The molecule has 1 aliphatic heterocycles. The summed E-state index contributed by atoms with van der Waals surface area (Å²) in [5, 5.41) is 2.85. The molecule has 0 aromatic heterocycles. The highest BCUT2D eigenvalue weighted by atomic mass is 16.1. The van der Waals surface area contributed by atoms with E-state index in [1.54, 1.807) is 0 Å². The molecule has 2 aromatic carbocycles. The third-order valence-corrected chi connectivity index (χ3v) is 3.08. The van der Waals surface area contributed by atoms with Crippen LogP contribution in [0, 0.1) is 6.92 Å². The molecule has 0 fully saturated rings. The number of hydrogen-bond acceptors (Lipinski definition) is 1. The van der Waals surface area contributed by atoms with Crippen molar-refractivity contribution in [2.24, 2.45) is 0 Å². The molecule has 2 nitrogen and oxygen atoms in total. The molecule has 0 bridgehead atoms. The van der Waals surface area contributed by atoms with E-state index in [0.29, 0.717) is 6.42 Å². The monoisotopic (exact) mass is 253 g/mol. The Bertz CT molecular complexity index is 602. The number of carbonyl (C=O) groups excluding carboxylic acids is 1. The van der Waals surface area contributed by atoms with Crippen LogP contribution >= 0.6 is 0 Å². The van der Waals surface area contributed by atoms with E-state index in [2.05, 4.69) is 48.6 Å². The molecule has 0 saturated heterocycles. The topological polar surface area (TPSA) is 29.1 Å². The molecule has 0 saturated carbocycles. The summed E-state index contributed by atoms with van der Waals surface area (Å²) in [6.07, 6.45) is 0.495. The van der Waals surface area contributed by atoms with Gasteiger partial charge in [-0.05, 0) is 35.7 Å². The lowest BCUT2D eigenvalue weighted by Crippen LogP contribution is -2.03. The number of benzene rings is 2. The van der Waals surface area contributed by atoms with E-state index in [-0.39, 0.29) is 5.91 Å². The van der Waals surface area contributed by atoms with Crippen LogP contribution in [-0.4, -0.2) is 5.91 Å². The van der Waals surface area contributed by atoms with Crippen molar-refractivity contribution in [2.75, 3.05) is 5.32 Å². The smallest absolute Gasteiger partial charge is 0.228 e. The molecule has 0 aliphatic carbocycles. The van der Waals surface area contributed by atoms with Crippen LogP contribution in [0.25, 0.3) is 11.1 Å². The van der Waals surface area contributed by atoms with E-state index < -0.39 is 0 Å². The molecule has 3 rings (SSSR count). The lowest BCUT2D eigenvalue weighted by atomic mass is 10.0. The number of anilines is 1. The minimum Gasteiger partial charge on any atom is -0.326 e. The normalized spacial score (nSPS) is 12.3. The Balaban J connectivity index is 0.000000637. The van der Waals surface area contributed by atoms with Gasteiger partial charge in [-0.1, -0.05) is 49.7 Å². The minimum absolute atomic E-state index is 0.0846. The Morgan fingerprint density at radius 2 is 1.74 bits per heavy atom. The summed E-state index contributed by atoms with van der Waals surface area (Å²) in [7, 11) is 0.